The molecule has 0 saturated carbocycles. The Morgan fingerprint density at radius 1 is 1.21 bits per heavy atom. The normalized spacial score (nSPS) is 12.9. The van der Waals surface area contributed by atoms with E-state index in [1.807, 2.05) is 31.4 Å². The van der Waals surface area contributed by atoms with Gasteiger partial charge < -0.3 is 24.6 Å². The highest BCUT2D eigenvalue weighted by Crippen LogP contribution is 2.41. The molecule has 1 amide bonds. The van der Waals surface area contributed by atoms with Gasteiger partial charge in [-0.3, -0.25) is 4.79 Å². The fourth-order valence-electron chi connectivity index (χ4n) is 2.80. The summed E-state index contributed by atoms with van der Waals surface area (Å²) in [6.45, 7) is 3.96. The fraction of sp³-hybridized carbons (Fsp3) is 0.500. The monoisotopic (exact) mass is 408 g/mol. The molecule has 7 nitrogen and oxygen atoms in total. The van der Waals surface area contributed by atoms with Crippen LogP contribution in [0.1, 0.15) is 26.0 Å². The Kier molecular flexibility index (Phi) is 8.07. The van der Waals surface area contributed by atoms with Crippen molar-refractivity contribution in [1.29, 1.82) is 0 Å². The van der Waals surface area contributed by atoms with E-state index in [0.717, 1.165) is 17.0 Å². The molecule has 1 aromatic heterocycles. The van der Waals surface area contributed by atoms with Gasteiger partial charge in [0.25, 0.3) is 0 Å². The SMILES string of the molecule is CC[C@H](C)[C@@H](CO)NC(=O)Cc1csc(-c2cc(OC)c(OC)c(OC)c2)n1. The zero-order valence-electron chi connectivity index (χ0n) is 16.9. The molecule has 0 bridgehead atoms. The Hall–Kier alpha value is -2.32. The molecule has 2 aromatic rings. The molecule has 28 heavy (non-hydrogen) atoms. The minimum absolute atomic E-state index is 0.0749. The largest absolute Gasteiger partial charge is 0.493 e. The van der Waals surface area contributed by atoms with Gasteiger partial charge in [0.1, 0.15) is 5.01 Å². The summed E-state index contributed by atoms with van der Waals surface area (Å²) in [7, 11) is 4.68. The van der Waals surface area contributed by atoms with E-state index in [-0.39, 0.29) is 30.9 Å². The van der Waals surface area contributed by atoms with Gasteiger partial charge >= 0.3 is 0 Å². The third-order valence-corrected chi connectivity index (χ3v) is 5.62. The predicted molar refractivity (Wildman–Crippen MR) is 109 cm³/mol. The van der Waals surface area contributed by atoms with Crippen LogP contribution in [0.25, 0.3) is 10.6 Å². The highest BCUT2D eigenvalue weighted by atomic mass is 32.1. The Morgan fingerprint density at radius 3 is 2.36 bits per heavy atom. The maximum Gasteiger partial charge on any atom is 0.226 e. The van der Waals surface area contributed by atoms with Gasteiger partial charge in [-0.2, -0.15) is 0 Å². The first-order valence-electron chi connectivity index (χ1n) is 9.12. The molecule has 1 heterocycles. The number of amides is 1. The number of aliphatic hydroxyl groups excluding tert-OH is 1. The van der Waals surface area contributed by atoms with E-state index in [4.69, 9.17) is 14.2 Å². The van der Waals surface area contributed by atoms with E-state index in [1.165, 1.54) is 11.3 Å². The van der Waals surface area contributed by atoms with Crippen molar-refractivity contribution in [1.82, 2.24) is 10.3 Å². The van der Waals surface area contributed by atoms with Crippen molar-refractivity contribution >= 4 is 17.2 Å². The predicted octanol–water partition coefficient (Wildman–Crippen LogP) is 2.90. The van der Waals surface area contributed by atoms with Crippen molar-refractivity contribution in [3.8, 4) is 27.8 Å². The summed E-state index contributed by atoms with van der Waals surface area (Å²) in [5.74, 6) is 1.67. The molecule has 2 rings (SSSR count). The van der Waals surface area contributed by atoms with E-state index in [9.17, 15) is 9.90 Å². The van der Waals surface area contributed by atoms with Crippen molar-refractivity contribution in [2.24, 2.45) is 5.92 Å². The maximum atomic E-state index is 12.3. The highest BCUT2D eigenvalue weighted by Gasteiger charge is 2.19. The summed E-state index contributed by atoms with van der Waals surface area (Å²) in [4.78, 5) is 16.9. The molecular formula is C20H28N2O5S. The topological polar surface area (TPSA) is 89.9 Å². The van der Waals surface area contributed by atoms with Crippen LogP contribution in [0.15, 0.2) is 17.5 Å². The van der Waals surface area contributed by atoms with Gasteiger partial charge in [-0.15, -0.1) is 11.3 Å². The first-order chi connectivity index (χ1) is 13.5. The van der Waals surface area contributed by atoms with Crippen molar-refractivity contribution in [3.05, 3.63) is 23.2 Å². The number of nitrogens with one attached hydrogen (secondary N) is 1. The quantitative estimate of drug-likeness (QED) is 0.628. The van der Waals surface area contributed by atoms with Crippen LogP contribution in [0.2, 0.25) is 0 Å². The Morgan fingerprint density at radius 2 is 1.86 bits per heavy atom. The van der Waals surface area contributed by atoms with E-state index in [0.29, 0.717) is 22.9 Å². The third-order valence-electron chi connectivity index (χ3n) is 4.68. The minimum atomic E-state index is -0.245. The number of aliphatic hydroxyl groups is 1. The standard InChI is InChI=1S/C20H28N2O5S/c1-6-12(2)15(10-23)22-18(24)9-14-11-28-20(21-14)13-7-16(25-3)19(27-5)17(8-13)26-4/h7-8,11-12,15,23H,6,9-10H2,1-5H3,(H,22,24)/t12-,15+/m0/s1. The molecule has 154 valence electrons. The molecule has 0 aliphatic heterocycles. The van der Waals surface area contributed by atoms with E-state index < -0.39 is 0 Å². The van der Waals surface area contributed by atoms with Gasteiger partial charge in [0, 0.05) is 10.9 Å². The number of benzene rings is 1. The second-order valence-electron chi connectivity index (χ2n) is 6.48. The fourth-order valence-corrected chi connectivity index (χ4v) is 3.61. The number of carbonyl (C=O) groups excluding carboxylic acids is 1. The summed E-state index contributed by atoms with van der Waals surface area (Å²) in [6.07, 6.45) is 1.04. The Bertz CT molecular complexity index is 768. The minimum Gasteiger partial charge on any atom is -0.493 e. The van der Waals surface area contributed by atoms with Gasteiger partial charge in [-0.25, -0.2) is 4.98 Å². The average Bonchev–Trinajstić information content (AvgIpc) is 3.18. The average molecular weight is 409 g/mol. The molecular weight excluding hydrogens is 380 g/mol. The number of aromatic nitrogens is 1. The number of rotatable bonds is 10. The lowest BCUT2D eigenvalue weighted by molar-refractivity contribution is -0.121. The lowest BCUT2D eigenvalue weighted by Crippen LogP contribution is -2.42. The molecule has 0 unspecified atom stereocenters. The first-order valence-corrected chi connectivity index (χ1v) is 10.00. The Labute approximate surface area is 169 Å². The molecule has 1 aromatic carbocycles. The van der Waals surface area contributed by atoms with Crippen molar-refractivity contribution in [2.75, 3.05) is 27.9 Å². The van der Waals surface area contributed by atoms with E-state index in [2.05, 4.69) is 10.3 Å². The molecule has 0 fully saturated rings. The zero-order chi connectivity index (χ0) is 20.7. The lowest BCUT2D eigenvalue weighted by Gasteiger charge is -2.21. The number of ether oxygens (including phenoxy) is 3. The smallest absolute Gasteiger partial charge is 0.226 e. The summed E-state index contributed by atoms with van der Waals surface area (Å²) in [5.41, 5.74) is 1.49. The summed E-state index contributed by atoms with van der Waals surface area (Å²) >= 11 is 1.44. The molecule has 0 spiro atoms. The van der Waals surface area contributed by atoms with Gasteiger partial charge in [0.15, 0.2) is 11.5 Å². The Balaban J connectivity index is 2.17. The number of nitrogens with zero attached hydrogens (tertiary/aromatic N) is 1. The molecule has 0 radical (unpaired) electrons. The number of hydrogen-bond acceptors (Lipinski definition) is 7. The molecule has 0 saturated heterocycles. The second-order valence-corrected chi connectivity index (χ2v) is 7.34. The van der Waals surface area contributed by atoms with Gasteiger partial charge in [-0.1, -0.05) is 20.3 Å². The number of thiazole rings is 1. The summed E-state index contributed by atoms with van der Waals surface area (Å²) in [5, 5.41) is 15.0. The summed E-state index contributed by atoms with van der Waals surface area (Å²) < 4.78 is 16.1. The van der Waals surface area contributed by atoms with Crippen LogP contribution in [0.5, 0.6) is 17.2 Å². The number of hydrogen-bond donors (Lipinski definition) is 2. The molecule has 2 N–H and O–H groups in total. The first kappa shape index (κ1) is 22.0. The van der Waals surface area contributed by atoms with Crippen LogP contribution in [0.3, 0.4) is 0 Å². The van der Waals surface area contributed by atoms with Gasteiger partial charge in [0.2, 0.25) is 11.7 Å². The van der Waals surface area contributed by atoms with Crippen LogP contribution < -0.4 is 19.5 Å². The third kappa shape index (κ3) is 5.14. The highest BCUT2D eigenvalue weighted by molar-refractivity contribution is 7.13. The van der Waals surface area contributed by atoms with Crippen molar-refractivity contribution in [3.63, 3.8) is 0 Å². The number of carbonyl (C=O) groups is 1. The van der Waals surface area contributed by atoms with Crippen LogP contribution in [0.4, 0.5) is 0 Å². The zero-order valence-corrected chi connectivity index (χ0v) is 17.8. The van der Waals surface area contributed by atoms with E-state index >= 15 is 0 Å². The molecule has 8 heteroatoms. The molecule has 0 aliphatic carbocycles. The summed E-state index contributed by atoms with van der Waals surface area (Å²) in [6, 6.07) is 3.41. The van der Waals surface area contributed by atoms with Crippen molar-refractivity contribution in [2.45, 2.75) is 32.7 Å². The van der Waals surface area contributed by atoms with Crippen LogP contribution >= 0.6 is 11.3 Å². The molecule has 2 atom stereocenters. The second kappa shape index (κ2) is 10.3. The molecule has 0 aliphatic rings. The van der Waals surface area contributed by atoms with Gasteiger partial charge in [-0.05, 0) is 18.1 Å². The van der Waals surface area contributed by atoms with Crippen LogP contribution in [-0.2, 0) is 11.2 Å². The number of methoxy groups -OCH3 is 3. The van der Waals surface area contributed by atoms with Crippen molar-refractivity contribution < 1.29 is 24.1 Å². The van der Waals surface area contributed by atoms with E-state index in [1.54, 1.807) is 21.3 Å². The van der Waals surface area contributed by atoms with Crippen LogP contribution in [-0.4, -0.2) is 50.0 Å². The maximum absolute atomic E-state index is 12.3. The van der Waals surface area contributed by atoms with Crippen LogP contribution in [0, 0.1) is 5.92 Å². The lowest BCUT2D eigenvalue weighted by atomic mass is 10.00. The van der Waals surface area contributed by atoms with Gasteiger partial charge in [0.05, 0.1) is 46.1 Å².